The minimum Gasteiger partial charge on any atom is -0.371 e. The van der Waals surface area contributed by atoms with Gasteiger partial charge < -0.3 is 19.0 Å². The van der Waals surface area contributed by atoms with Gasteiger partial charge in [-0.2, -0.15) is 0 Å². The third-order valence-electron chi connectivity index (χ3n) is 1.49. The zero-order chi connectivity index (χ0) is 11.7. The van der Waals surface area contributed by atoms with Gasteiger partial charge >= 0.3 is 8.80 Å². The van der Waals surface area contributed by atoms with Crippen molar-refractivity contribution in [3.05, 3.63) is 11.8 Å². The van der Waals surface area contributed by atoms with Crippen molar-refractivity contribution in [2.75, 3.05) is 19.8 Å². The fourth-order valence-corrected chi connectivity index (χ4v) is 3.17. The molecule has 0 unspecified atom stereocenters. The van der Waals surface area contributed by atoms with E-state index in [0.717, 1.165) is 0 Å². The quantitative estimate of drug-likeness (QED) is 0.493. The highest BCUT2D eigenvalue weighted by Crippen LogP contribution is 2.11. The second-order valence-corrected chi connectivity index (χ2v) is 5.04. The van der Waals surface area contributed by atoms with Crippen molar-refractivity contribution >= 4 is 14.7 Å². The van der Waals surface area contributed by atoms with Crippen molar-refractivity contribution in [2.24, 2.45) is 5.73 Å². The summed E-state index contributed by atoms with van der Waals surface area (Å²) in [6, 6.07) is 0. The molecular formula is C9H19NO4Si. The van der Waals surface area contributed by atoms with Crippen molar-refractivity contribution in [3.63, 3.8) is 0 Å². The summed E-state index contributed by atoms with van der Waals surface area (Å²) < 4.78 is 16.4. The molecule has 0 rings (SSSR count). The number of primary amides is 1. The van der Waals surface area contributed by atoms with E-state index in [0.29, 0.717) is 19.8 Å². The van der Waals surface area contributed by atoms with Crippen LogP contribution in [0.2, 0.25) is 0 Å². The van der Waals surface area contributed by atoms with Crippen LogP contribution in [0.3, 0.4) is 0 Å². The number of carbonyl (C=O) groups excluding carboxylic acids is 1. The maximum atomic E-state index is 10.6. The highest BCUT2D eigenvalue weighted by Gasteiger charge is 2.37. The predicted molar refractivity (Wildman–Crippen MR) is 59.0 cm³/mol. The molecule has 0 aliphatic heterocycles. The lowest BCUT2D eigenvalue weighted by Crippen LogP contribution is -2.44. The van der Waals surface area contributed by atoms with E-state index in [2.05, 4.69) is 0 Å². The first-order chi connectivity index (χ1) is 7.10. The average Bonchev–Trinajstić information content (AvgIpc) is 2.16. The van der Waals surface area contributed by atoms with Crippen LogP contribution in [-0.4, -0.2) is 34.5 Å². The van der Waals surface area contributed by atoms with E-state index in [4.69, 9.17) is 19.0 Å². The second-order valence-electron chi connectivity index (χ2n) is 2.64. The summed E-state index contributed by atoms with van der Waals surface area (Å²) in [4.78, 5) is 10.6. The summed E-state index contributed by atoms with van der Waals surface area (Å²) in [5.41, 5.74) is 6.54. The van der Waals surface area contributed by atoms with E-state index in [9.17, 15) is 4.79 Å². The van der Waals surface area contributed by atoms with Crippen molar-refractivity contribution in [3.8, 4) is 0 Å². The van der Waals surface area contributed by atoms with E-state index >= 15 is 0 Å². The number of nitrogens with two attached hydrogens (primary N) is 1. The van der Waals surface area contributed by atoms with Crippen LogP contribution in [0.5, 0.6) is 0 Å². The van der Waals surface area contributed by atoms with Gasteiger partial charge in [0.25, 0.3) is 0 Å². The normalized spacial score (nSPS) is 12.2. The molecule has 5 nitrogen and oxygen atoms in total. The second kappa shape index (κ2) is 7.58. The lowest BCUT2D eigenvalue weighted by atomic mass is 10.6. The van der Waals surface area contributed by atoms with Crippen LogP contribution in [0.15, 0.2) is 11.8 Å². The van der Waals surface area contributed by atoms with Crippen LogP contribution in [0.25, 0.3) is 0 Å². The van der Waals surface area contributed by atoms with Crippen molar-refractivity contribution < 1.29 is 18.1 Å². The average molecular weight is 233 g/mol. The summed E-state index contributed by atoms with van der Waals surface area (Å²) in [6.45, 7) is 6.94. The summed E-state index contributed by atoms with van der Waals surface area (Å²) in [5, 5.41) is 0. The first-order valence-corrected chi connectivity index (χ1v) is 6.81. The van der Waals surface area contributed by atoms with Gasteiger partial charge in [0.2, 0.25) is 5.91 Å². The Hall–Kier alpha value is -0.693. The molecule has 0 aromatic heterocycles. The van der Waals surface area contributed by atoms with Crippen molar-refractivity contribution in [2.45, 2.75) is 20.8 Å². The van der Waals surface area contributed by atoms with Crippen LogP contribution in [-0.2, 0) is 18.1 Å². The molecular weight excluding hydrogens is 214 g/mol. The van der Waals surface area contributed by atoms with Crippen LogP contribution >= 0.6 is 0 Å². The van der Waals surface area contributed by atoms with Gasteiger partial charge in [-0.15, -0.1) is 0 Å². The molecule has 6 heteroatoms. The van der Waals surface area contributed by atoms with E-state index < -0.39 is 14.7 Å². The Morgan fingerprint density at radius 3 is 1.80 bits per heavy atom. The molecule has 15 heavy (non-hydrogen) atoms. The Balaban J connectivity index is 4.66. The third kappa shape index (κ3) is 5.68. The van der Waals surface area contributed by atoms with Gasteiger partial charge in [-0.3, -0.25) is 4.79 Å². The number of carbonyl (C=O) groups is 1. The number of hydrogen-bond donors (Lipinski definition) is 1. The molecule has 0 spiro atoms. The summed E-state index contributed by atoms with van der Waals surface area (Å²) in [5.74, 6) is -0.536. The molecule has 0 aromatic rings. The molecule has 0 bridgehead atoms. The summed E-state index contributed by atoms with van der Waals surface area (Å²) in [7, 11) is -2.84. The van der Waals surface area contributed by atoms with Gasteiger partial charge in [-0.05, 0) is 26.5 Å². The maximum absolute atomic E-state index is 10.6. The van der Waals surface area contributed by atoms with E-state index in [1.165, 1.54) is 11.8 Å². The minimum absolute atomic E-state index is 0.468. The van der Waals surface area contributed by atoms with Crippen LogP contribution in [0.1, 0.15) is 20.8 Å². The molecule has 0 aliphatic carbocycles. The summed E-state index contributed by atoms with van der Waals surface area (Å²) >= 11 is 0. The maximum Gasteiger partial charge on any atom is 0.529 e. The van der Waals surface area contributed by atoms with Gasteiger partial charge in [-0.25, -0.2) is 0 Å². The highest BCUT2D eigenvalue weighted by atomic mass is 28.4. The molecule has 0 atom stereocenters. The first kappa shape index (κ1) is 14.3. The van der Waals surface area contributed by atoms with Crippen LogP contribution < -0.4 is 5.73 Å². The van der Waals surface area contributed by atoms with Crippen molar-refractivity contribution in [1.82, 2.24) is 0 Å². The molecule has 2 N–H and O–H groups in total. The largest absolute Gasteiger partial charge is 0.529 e. The number of rotatable bonds is 8. The first-order valence-electron chi connectivity index (χ1n) is 5.00. The molecule has 0 aromatic carbocycles. The molecule has 88 valence electrons. The smallest absolute Gasteiger partial charge is 0.371 e. The Morgan fingerprint density at radius 1 is 1.13 bits per heavy atom. The predicted octanol–water partition coefficient (Wildman–Crippen LogP) is 0.615. The topological polar surface area (TPSA) is 70.8 Å². The molecule has 0 radical (unpaired) electrons. The van der Waals surface area contributed by atoms with Gasteiger partial charge in [-0.1, -0.05) is 0 Å². The Morgan fingerprint density at radius 2 is 1.53 bits per heavy atom. The van der Waals surface area contributed by atoms with Crippen molar-refractivity contribution in [1.29, 1.82) is 0 Å². The molecule has 0 saturated carbocycles. The Kier molecular flexibility index (Phi) is 7.23. The highest BCUT2D eigenvalue weighted by molar-refractivity contribution is 6.66. The van der Waals surface area contributed by atoms with Crippen LogP contribution in [0, 0.1) is 0 Å². The van der Waals surface area contributed by atoms with Gasteiger partial charge in [0.05, 0.1) is 0 Å². The van der Waals surface area contributed by atoms with E-state index in [-0.39, 0.29) is 0 Å². The van der Waals surface area contributed by atoms with E-state index in [1.807, 2.05) is 20.8 Å². The zero-order valence-corrected chi connectivity index (χ0v) is 10.5. The SMILES string of the molecule is CCO[Si](C=CC(N)=O)(OCC)OCC. The van der Waals surface area contributed by atoms with Gasteiger partial charge in [0.1, 0.15) is 0 Å². The third-order valence-corrected chi connectivity index (χ3v) is 4.14. The lowest BCUT2D eigenvalue weighted by molar-refractivity contribution is -0.113. The molecule has 0 aliphatic rings. The Bertz CT molecular complexity index is 203. The van der Waals surface area contributed by atoms with E-state index in [1.54, 1.807) is 0 Å². The Labute approximate surface area is 91.6 Å². The fourth-order valence-electron chi connectivity index (χ4n) is 1.06. The number of hydrogen-bond acceptors (Lipinski definition) is 4. The molecule has 1 amide bonds. The molecule has 0 saturated heterocycles. The minimum atomic E-state index is -2.84. The van der Waals surface area contributed by atoms with Gasteiger partial charge in [0.15, 0.2) is 0 Å². The zero-order valence-electron chi connectivity index (χ0n) is 9.49. The lowest BCUT2D eigenvalue weighted by Gasteiger charge is -2.24. The summed E-state index contributed by atoms with van der Waals surface area (Å²) in [6.07, 6.45) is 1.23. The van der Waals surface area contributed by atoms with Gasteiger partial charge in [0, 0.05) is 25.9 Å². The monoisotopic (exact) mass is 233 g/mol. The standard InChI is InChI=1S/C9H19NO4Si/c1-4-12-15(13-5-2,14-6-3)8-7-9(10)11/h7-8H,4-6H2,1-3H3,(H2,10,11). The van der Waals surface area contributed by atoms with Crippen LogP contribution in [0.4, 0.5) is 0 Å². The molecule has 0 fully saturated rings. The molecule has 0 heterocycles. The number of amides is 1. The fraction of sp³-hybridized carbons (Fsp3) is 0.667.